The van der Waals surface area contributed by atoms with Crippen molar-refractivity contribution in [2.45, 2.75) is 25.4 Å². The molecule has 3 aromatic rings. The predicted molar refractivity (Wildman–Crippen MR) is 96.2 cm³/mol. The molecule has 1 saturated heterocycles. The molecule has 2 aromatic carbocycles. The maximum absolute atomic E-state index is 10.1. The molecule has 0 bridgehead atoms. The smallest absolute Gasteiger partial charge is 0.127 e. The fourth-order valence-electron chi connectivity index (χ4n) is 3.68. The molecule has 0 unspecified atom stereocenters. The van der Waals surface area contributed by atoms with Crippen LogP contribution in [0.15, 0.2) is 42.5 Å². The Morgan fingerprint density at radius 3 is 2.83 bits per heavy atom. The second kappa shape index (κ2) is 6.11. The van der Waals surface area contributed by atoms with Gasteiger partial charge in [0, 0.05) is 24.2 Å². The molecule has 1 atom stereocenters. The van der Waals surface area contributed by atoms with Crippen molar-refractivity contribution >= 4 is 22.6 Å². The third-order valence-electron chi connectivity index (χ3n) is 4.94. The number of hydrogen-bond acceptors (Lipinski definition) is 3. The Morgan fingerprint density at radius 2 is 2.04 bits per heavy atom. The number of aromatic nitrogens is 2. The molecule has 4 rings (SSSR count). The summed E-state index contributed by atoms with van der Waals surface area (Å²) in [6, 6.07) is 13.8. The summed E-state index contributed by atoms with van der Waals surface area (Å²) in [7, 11) is 2.08. The van der Waals surface area contributed by atoms with E-state index < -0.39 is 0 Å². The van der Waals surface area contributed by atoms with E-state index in [9.17, 15) is 5.11 Å². The zero-order chi connectivity index (χ0) is 16.7. The van der Waals surface area contributed by atoms with Crippen molar-refractivity contribution in [3.63, 3.8) is 0 Å². The van der Waals surface area contributed by atoms with Gasteiger partial charge in [-0.3, -0.25) is 4.90 Å². The first-order chi connectivity index (χ1) is 11.6. The molecule has 1 N–H and O–H groups in total. The Bertz CT molecular complexity index is 869. The molecule has 0 radical (unpaired) electrons. The topological polar surface area (TPSA) is 41.3 Å². The van der Waals surface area contributed by atoms with Crippen molar-refractivity contribution in [2.75, 3.05) is 6.54 Å². The van der Waals surface area contributed by atoms with Gasteiger partial charge in [0.2, 0.25) is 0 Å². The number of phenols is 1. The van der Waals surface area contributed by atoms with Crippen LogP contribution in [0.2, 0.25) is 5.02 Å². The first-order valence-corrected chi connectivity index (χ1v) is 8.64. The van der Waals surface area contributed by atoms with E-state index in [1.54, 1.807) is 12.1 Å². The number of benzene rings is 2. The van der Waals surface area contributed by atoms with E-state index >= 15 is 0 Å². The van der Waals surface area contributed by atoms with Gasteiger partial charge in [-0.05, 0) is 43.7 Å². The van der Waals surface area contributed by atoms with Gasteiger partial charge >= 0.3 is 0 Å². The minimum Gasteiger partial charge on any atom is -0.508 e. The lowest BCUT2D eigenvalue weighted by Crippen LogP contribution is -2.25. The fourth-order valence-corrected chi connectivity index (χ4v) is 3.91. The summed E-state index contributed by atoms with van der Waals surface area (Å²) in [4.78, 5) is 7.22. The molecule has 0 saturated carbocycles. The Balaban J connectivity index is 1.68. The van der Waals surface area contributed by atoms with Crippen molar-refractivity contribution < 1.29 is 5.11 Å². The Hall–Kier alpha value is -2.04. The molecule has 2 heterocycles. The van der Waals surface area contributed by atoms with Gasteiger partial charge < -0.3 is 9.67 Å². The highest BCUT2D eigenvalue weighted by molar-refractivity contribution is 6.31. The van der Waals surface area contributed by atoms with Crippen LogP contribution < -0.4 is 0 Å². The molecule has 1 aliphatic heterocycles. The van der Waals surface area contributed by atoms with E-state index in [1.807, 2.05) is 18.2 Å². The number of aryl methyl sites for hydroxylation is 1. The first-order valence-electron chi connectivity index (χ1n) is 8.27. The zero-order valence-corrected chi connectivity index (χ0v) is 14.4. The summed E-state index contributed by atoms with van der Waals surface area (Å²) in [6.45, 7) is 1.62. The molecule has 5 heteroatoms. The van der Waals surface area contributed by atoms with E-state index in [0.29, 0.717) is 11.6 Å². The standard InChI is InChI=1S/C19H20ClN3O/c1-22-16-8-3-2-7-15(16)21-19(22)17-9-5-11-23(17)12-13-14(20)6-4-10-18(13)24/h2-4,6-8,10,17,24H,5,9,11-12H2,1H3/t17-/m1/s1. The van der Waals surface area contributed by atoms with Crippen LogP contribution in [-0.2, 0) is 13.6 Å². The van der Waals surface area contributed by atoms with Gasteiger partial charge in [0.05, 0.1) is 17.1 Å². The maximum atomic E-state index is 10.1. The fraction of sp³-hybridized carbons (Fsp3) is 0.316. The molecule has 1 fully saturated rings. The number of aromatic hydroxyl groups is 1. The number of imidazole rings is 1. The highest BCUT2D eigenvalue weighted by Crippen LogP contribution is 2.36. The number of likely N-dealkylation sites (tertiary alicyclic amines) is 1. The monoisotopic (exact) mass is 341 g/mol. The van der Waals surface area contributed by atoms with Crippen LogP contribution in [0.5, 0.6) is 5.75 Å². The molecule has 4 nitrogen and oxygen atoms in total. The Labute approximate surface area is 146 Å². The molecule has 0 aliphatic carbocycles. The van der Waals surface area contributed by atoms with Crippen LogP contribution in [0.1, 0.15) is 30.3 Å². The quantitative estimate of drug-likeness (QED) is 0.773. The Morgan fingerprint density at radius 1 is 1.21 bits per heavy atom. The number of para-hydroxylation sites is 2. The largest absolute Gasteiger partial charge is 0.508 e. The van der Waals surface area contributed by atoms with E-state index in [1.165, 1.54) is 0 Å². The lowest BCUT2D eigenvalue weighted by molar-refractivity contribution is 0.234. The summed E-state index contributed by atoms with van der Waals surface area (Å²) >= 11 is 6.29. The second-order valence-electron chi connectivity index (χ2n) is 6.38. The van der Waals surface area contributed by atoms with Crippen LogP contribution in [-0.4, -0.2) is 26.1 Å². The predicted octanol–water partition coefficient (Wildman–Crippen LogP) is 4.27. The number of rotatable bonds is 3. The highest BCUT2D eigenvalue weighted by atomic mass is 35.5. The molecular formula is C19H20ClN3O. The zero-order valence-electron chi connectivity index (χ0n) is 13.6. The van der Waals surface area contributed by atoms with Gasteiger partial charge in [0.25, 0.3) is 0 Å². The highest BCUT2D eigenvalue weighted by Gasteiger charge is 2.30. The normalized spacial score (nSPS) is 18.5. The molecule has 124 valence electrons. The van der Waals surface area contributed by atoms with Crippen LogP contribution in [0.3, 0.4) is 0 Å². The van der Waals surface area contributed by atoms with Crippen molar-refractivity contribution in [2.24, 2.45) is 7.05 Å². The van der Waals surface area contributed by atoms with Crippen LogP contribution in [0.25, 0.3) is 11.0 Å². The second-order valence-corrected chi connectivity index (χ2v) is 6.79. The van der Waals surface area contributed by atoms with Crippen molar-refractivity contribution in [1.29, 1.82) is 0 Å². The minimum atomic E-state index is 0.248. The number of phenolic OH excluding ortho intramolecular Hbond substituents is 1. The summed E-state index contributed by atoms with van der Waals surface area (Å²) in [5, 5.41) is 10.8. The summed E-state index contributed by atoms with van der Waals surface area (Å²) in [5.41, 5.74) is 2.98. The van der Waals surface area contributed by atoms with Crippen LogP contribution in [0.4, 0.5) is 0 Å². The van der Waals surface area contributed by atoms with Crippen LogP contribution >= 0.6 is 11.6 Å². The maximum Gasteiger partial charge on any atom is 0.127 e. The summed E-state index contributed by atoms with van der Waals surface area (Å²) in [5.74, 6) is 1.35. The SMILES string of the molecule is Cn1c([C@H]2CCCN2Cc2c(O)cccc2Cl)nc2ccccc21. The molecule has 0 spiro atoms. The van der Waals surface area contributed by atoms with Gasteiger partial charge in [0.15, 0.2) is 0 Å². The minimum absolute atomic E-state index is 0.248. The number of nitrogens with zero attached hydrogens (tertiary/aromatic N) is 3. The lowest BCUT2D eigenvalue weighted by Gasteiger charge is -2.25. The third-order valence-corrected chi connectivity index (χ3v) is 5.29. The first kappa shape index (κ1) is 15.5. The molecule has 1 aromatic heterocycles. The van der Waals surface area contributed by atoms with Gasteiger partial charge in [-0.1, -0.05) is 29.8 Å². The molecule has 0 amide bonds. The van der Waals surface area contributed by atoms with E-state index in [2.05, 4.69) is 28.6 Å². The van der Waals surface area contributed by atoms with Gasteiger partial charge in [-0.2, -0.15) is 0 Å². The molecule has 24 heavy (non-hydrogen) atoms. The number of halogens is 1. The van der Waals surface area contributed by atoms with Crippen LogP contribution in [0, 0.1) is 0 Å². The molecule has 1 aliphatic rings. The van der Waals surface area contributed by atoms with Crippen molar-refractivity contribution in [3.8, 4) is 5.75 Å². The van der Waals surface area contributed by atoms with Crippen molar-refractivity contribution in [3.05, 3.63) is 58.9 Å². The number of hydrogen-bond donors (Lipinski definition) is 1. The average molecular weight is 342 g/mol. The van der Waals surface area contributed by atoms with E-state index in [0.717, 1.165) is 41.8 Å². The molecular weight excluding hydrogens is 322 g/mol. The van der Waals surface area contributed by atoms with E-state index in [-0.39, 0.29) is 11.8 Å². The lowest BCUT2D eigenvalue weighted by atomic mass is 10.1. The van der Waals surface area contributed by atoms with Gasteiger partial charge in [0.1, 0.15) is 11.6 Å². The summed E-state index contributed by atoms with van der Waals surface area (Å²) in [6.07, 6.45) is 2.20. The van der Waals surface area contributed by atoms with Gasteiger partial charge in [-0.25, -0.2) is 4.98 Å². The Kier molecular flexibility index (Phi) is 3.94. The van der Waals surface area contributed by atoms with Crippen molar-refractivity contribution in [1.82, 2.24) is 14.5 Å². The third kappa shape index (κ3) is 2.56. The summed E-state index contributed by atoms with van der Waals surface area (Å²) < 4.78 is 2.19. The average Bonchev–Trinajstić information content (AvgIpc) is 3.16. The van der Waals surface area contributed by atoms with E-state index in [4.69, 9.17) is 16.6 Å². The number of fused-ring (bicyclic) bond motifs is 1. The van der Waals surface area contributed by atoms with Gasteiger partial charge in [-0.15, -0.1) is 0 Å².